The van der Waals surface area contributed by atoms with E-state index in [0.29, 0.717) is 22.4 Å². The number of amides is 5. The lowest BCUT2D eigenvalue weighted by molar-refractivity contribution is -0.136. The molecule has 1 saturated heterocycles. The number of ether oxygens (including phenoxy) is 1. The maximum Gasteiger partial charge on any atom is 0.407 e. The number of hydrogen-bond acceptors (Lipinski definition) is 6. The second-order valence-corrected chi connectivity index (χ2v) is 9.78. The molecule has 3 N–H and O–H groups in total. The topological polar surface area (TPSA) is 134 Å². The summed E-state index contributed by atoms with van der Waals surface area (Å²) in [5, 5.41) is 7.77. The number of hydrogen-bond donors (Lipinski definition) is 3. The van der Waals surface area contributed by atoms with Gasteiger partial charge in [-0.1, -0.05) is 12.1 Å². The zero-order valence-electron chi connectivity index (χ0n) is 20.3. The van der Waals surface area contributed by atoms with Crippen molar-refractivity contribution in [3.63, 3.8) is 0 Å². The van der Waals surface area contributed by atoms with Gasteiger partial charge in [0.05, 0.1) is 0 Å². The molecule has 2 aliphatic heterocycles. The van der Waals surface area contributed by atoms with E-state index < -0.39 is 23.6 Å². The van der Waals surface area contributed by atoms with Crippen molar-refractivity contribution in [3.05, 3.63) is 64.7 Å². The summed E-state index contributed by atoms with van der Waals surface area (Å²) in [7, 11) is 0. The van der Waals surface area contributed by atoms with Gasteiger partial charge in [0.25, 0.3) is 11.8 Å². The number of fused-ring (bicyclic) bond motifs is 1. The number of benzene rings is 2. The van der Waals surface area contributed by atoms with Gasteiger partial charge < -0.3 is 20.3 Å². The summed E-state index contributed by atoms with van der Waals surface area (Å²) in [5.41, 5.74) is 2.35. The summed E-state index contributed by atoms with van der Waals surface area (Å²) in [4.78, 5) is 62.4. The number of nitrogens with zero attached hydrogens (tertiary/aromatic N) is 1. The lowest BCUT2D eigenvalue weighted by Crippen LogP contribution is -2.52. The molecule has 4 rings (SSSR count). The third-order valence-corrected chi connectivity index (χ3v) is 5.83. The molecular formula is C26H28N4O6. The Hall–Kier alpha value is -4.21. The summed E-state index contributed by atoms with van der Waals surface area (Å²) < 4.78 is 5.21. The highest BCUT2D eigenvalue weighted by Crippen LogP contribution is 2.29. The number of carbonyl (C=O) groups excluding carboxylic acids is 5. The Morgan fingerprint density at radius 3 is 2.47 bits per heavy atom. The number of carbonyl (C=O) groups is 5. The quantitative estimate of drug-likeness (QED) is 0.550. The molecule has 0 bridgehead atoms. The second kappa shape index (κ2) is 9.80. The zero-order chi connectivity index (χ0) is 26.0. The molecule has 36 heavy (non-hydrogen) atoms. The van der Waals surface area contributed by atoms with E-state index in [1.807, 2.05) is 0 Å². The molecule has 0 aliphatic carbocycles. The Balaban J connectivity index is 1.36. The minimum absolute atomic E-state index is 0.188. The molecule has 2 heterocycles. The van der Waals surface area contributed by atoms with Crippen LogP contribution in [0.4, 0.5) is 10.5 Å². The molecule has 2 aromatic carbocycles. The molecule has 0 radical (unpaired) electrons. The van der Waals surface area contributed by atoms with E-state index >= 15 is 0 Å². The van der Waals surface area contributed by atoms with Gasteiger partial charge in [-0.15, -0.1) is 0 Å². The number of anilines is 1. The molecule has 0 aromatic heterocycles. The van der Waals surface area contributed by atoms with Crippen LogP contribution in [0.3, 0.4) is 0 Å². The summed E-state index contributed by atoms with van der Waals surface area (Å²) in [5.74, 6) is -1.40. The Morgan fingerprint density at radius 2 is 1.81 bits per heavy atom. The van der Waals surface area contributed by atoms with Gasteiger partial charge in [-0.3, -0.25) is 24.5 Å². The van der Waals surface area contributed by atoms with Gasteiger partial charge in [0.1, 0.15) is 11.6 Å². The molecule has 0 saturated carbocycles. The second-order valence-electron chi connectivity index (χ2n) is 9.78. The lowest BCUT2D eigenvalue weighted by Gasteiger charge is -2.29. The monoisotopic (exact) mass is 492 g/mol. The third-order valence-electron chi connectivity index (χ3n) is 5.83. The Labute approximate surface area is 208 Å². The summed E-state index contributed by atoms with van der Waals surface area (Å²) in [6, 6.07) is 11.1. The van der Waals surface area contributed by atoms with Crippen molar-refractivity contribution in [2.45, 2.75) is 58.3 Å². The maximum atomic E-state index is 12.8. The van der Waals surface area contributed by atoms with Gasteiger partial charge in [0.15, 0.2) is 0 Å². The average molecular weight is 493 g/mol. The predicted molar refractivity (Wildman–Crippen MR) is 130 cm³/mol. The van der Waals surface area contributed by atoms with Gasteiger partial charge in [-0.2, -0.15) is 0 Å². The van der Waals surface area contributed by atoms with E-state index in [0.717, 1.165) is 5.56 Å². The highest BCUT2D eigenvalue weighted by molar-refractivity contribution is 6.07. The van der Waals surface area contributed by atoms with E-state index in [1.165, 1.54) is 4.90 Å². The standard InChI is InChI=1S/C26H28N4O6/c1-26(2,3)36-25(35)27-13-15-4-6-16(7-5-15)22(32)28-18-8-9-19-17(12-18)14-30(24(19)34)20-10-11-21(31)29-23(20)33/h4-9,12,20H,10-11,13-14H2,1-3H3,(H,27,35)(H,28,32)(H,29,31,33). The summed E-state index contributed by atoms with van der Waals surface area (Å²) in [6.07, 6.45) is -0.0408. The van der Waals surface area contributed by atoms with Crippen LogP contribution in [-0.2, 0) is 27.4 Å². The van der Waals surface area contributed by atoms with Crippen molar-refractivity contribution in [2.75, 3.05) is 5.32 Å². The Kier molecular flexibility index (Phi) is 6.78. The van der Waals surface area contributed by atoms with Crippen molar-refractivity contribution >= 4 is 35.4 Å². The van der Waals surface area contributed by atoms with Crippen LogP contribution >= 0.6 is 0 Å². The molecule has 1 fully saturated rings. The van der Waals surface area contributed by atoms with Gasteiger partial charge in [-0.05, 0) is 68.7 Å². The van der Waals surface area contributed by atoms with Crippen LogP contribution in [0.25, 0.3) is 0 Å². The van der Waals surface area contributed by atoms with Crippen LogP contribution in [-0.4, -0.2) is 46.3 Å². The molecule has 1 unspecified atom stereocenters. The molecule has 188 valence electrons. The van der Waals surface area contributed by atoms with Crippen molar-refractivity contribution in [1.82, 2.24) is 15.5 Å². The summed E-state index contributed by atoms with van der Waals surface area (Å²) >= 11 is 0. The van der Waals surface area contributed by atoms with Crippen molar-refractivity contribution in [1.29, 1.82) is 0 Å². The van der Waals surface area contributed by atoms with Gasteiger partial charge in [0, 0.05) is 36.3 Å². The Bertz CT molecular complexity index is 1230. The number of alkyl carbamates (subject to hydrolysis) is 1. The molecule has 1 atom stereocenters. The minimum Gasteiger partial charge on any atom is -0.444 e. The largest absolute Gasteiger partial charge is 0.444 e. The molecule has 2 aliphatic rings. The first kappa shape index (κ1) is 24.9. The fraction of sp³-hybridized carbons (Fsp3) is 0.346. The van der Waals surface area contributed by atoms with Crippen LogP contribution in [0, 0.1) is 0 Å². The van der Waals surface area contributed by atoms with Crippen molar-refractivity contribution in [2.24, 2.45) is 0 Å². The van der Waals surface area contributed by atoms with E-state index in [-0.39, 0.29) is 43.7 Å². The van der Waals surface area contributed by atoms with Crippen LogP contribution < -0.4 is 16.0 Å². The van der Waals surface area contributed by atoms with E-state index in [4.69, 9.17) is 4.74 Å². The Morgan fingerprint density at radius 1 is 1.08 bits per heavy atom. The van der Waals surface area contributed by atoms with Crippen LogP contribution in [0.5, 0.6) is 0 Å². The van der Waals surface area contributed by atoms with E-state index in [2.05, 4.69) is 16.0 Å². The van der Waals surface area contributed by atoms with Gasteiger partial charge >= 0.3 is 6.09 Å². The van der Waals surface area contributed by atoms with E-state index in [9.17, 15) is 24.0 Å². The molecule has 0 spiro atoms. The number of piperidine rings is 1. The van der Waals surface area contributed by atoms with Gasteiger partial charge in [0.2, 0.25) is 11.8 Å². The molecular weight excluding hydrogens is 464 g/mol. The smallest absolute Gasteiger partial charge is 0.407 e. The highest BCUT2D eigenvalue weighted by Gasteiger charge is 2.39. The molecule has 10 nitrogen and oxygen atoms in total. The molecule has 10 heteroatoms. The average Bonchev–Trinajstić information content (AvgIpc) is 3.12. The number of imide groups is 1. The fourth-order valence-electron chi connectivity index (χ4n) is 4.12. The molecule has 5 amide bonds. The maximum absolute atomic E-state index is 12.8. The third kappa shape index (κ3) is 5.70. The first-order chi connectivity index (χ1) is 17.0. The number of nitrogens with one attached hydrogen (secondary N) is 3. The van der Waals surface area contributed by atoms with Crippen LogP contribution in [0.15, 0.2) is 42.5 Å². The molecule has 2 aromatic rings. The fourth-order valence-corrected chi connectivity index (χ4v) is 4.12. The lowest BCUT2D eigenvalue weighted by atomic mass is 10.0. The normalized spacial score (nSPS) is 17.4. The predicted octanol–water partition coefficient (Wildman–Crippen LogP) is 2.72. The minimum atomic E-state index is -0.691. The zero-order valence-corrected chi connectivity index (χ0v) is 20.3. The van der Waals surface area contributed by atoms with E-state index in [1.54, 1.807) is 63.2 Å². The first-order valence-corrected chi connectivity index (χ1v) is 11.6. The van der Waals surface area contributed by atoms with Crippen LogP contribution in [0.1, 0.15) is 65.5 Å². The van der Waals surface area contributed by atoms with Gasteiger partial charge in [-0.25, -0.2) is 4.79 Å². The van der Waals surface area contributed by atoms with Crippen molar-refractivity contribution < 1.29 is 28.7 Å². The number of rotatable bonds is 5. The summed E-state index contributed by atoms with van der Waals surface area (Å²) in [6.45, 7) is 5.84. The first-order valence-electron chi connectivity index (χ1n) is 11.6. The SMILES string of the molecule is CC(C)(C)OC(=O)NCc1ccc(C(=O)Nc2ccc3c(c2)CN(C2CCC(=O)NC2=O)C3=O)cc1. The highest BCUT2D eigenvalue weighted by atomic mass is 16.6. The van der Waals surface area contributed by atoms with Crippen LogP contribution in [0.2, 0.25) is 0 Å². The van der Waals surface area contributed by atoms with Crippen molar-refractivity contribution in [3.8, 4) is 0 Å².